The van der Waals surface area contributed by atoms with Gasteiger partial charge in [-0.25, -0.2) is 0 Å². The maximum absolute atomic E-state index is 12.0. The zero-order valence-corrected chi connectivity index (χ0v) is 9.75. The predicted molar refractivity (Wildman–Crippen MR) is 53.6 cm³/mol. The molecule has 1 atom stereocenters. The number of benzene rings is 1. The molecule has 1 aromatic rings. The fraction of sp³-hybridized carbons (Fsp3) is 0.400. The molecule has 1 rings (SSSR count). The minimum absolute atomic E-state index is 0.807. The van der Waals surface area contributed by atoms with Crippen molar-refractivity contribution in [3.05, 3.63) is 29.8 Å². The number of hydrogen-bond donors (Lipinski definition) is 0. The first-order valence-corrected chi connectivity index (χ1v) is 9.11. The third kappa shape index (κ3) is 2.04. The average molecular weight is 226 g/mol. The van der Waals surface area contributed by atoms with Gasteiger partial charge in [-0.1, -0.05) is 0 Å². The van der Waals surface area contributed by atoms with Gasteiger partial charge in [-0.3, -0.25) is 0 Å². The molecule has 0 aliphatic carbocycles. The van der Waals surface area contributed by atoms with Crippen molar-refractivity contribution in [2.45, 2.75) is 24.8 Å². The second kappa shape index (κ2) is 3.53. The van der Waals surface area contributed by atoms with E-state index in [-0.39, 0.29) is 0 Å². The van der Waals surface area contributed by atoms with E-state index in [1.807, 2.05) is 43.8 Å². The zero-order chi connectivity index (χ0) is 9.19. The summed E-state index contributed by atoms with van der Waals surface area (Å²) in [4.78, 5) is 0. The molecule has 0 saturated carbocycles. The summed E-state index contributed by atoms with van der Waals surface area (Å²) in [5, 5.41) is 0.807. The van der Waals surface area contributed by atoms with Gasteiger partial charge in [-0.05, 0) is 0 Å². The van der Waals surface area contributed by atoms with Crippen molar-refractivity contribution in [2.24, 2.45) is 0 Å². The first-order valence-electron chi connectivity index (χ1n) is 4.20. The maximum atomic E-state index is 12.0. The van der Waals surface area contributed by atoms with Crippen LogP contribution in [0.5, 0.6) is 0 Å². The summed E-state index contributed by atoms with van der Waals surface area (Å²) < 4.78 is 13.0. The molecular weight excluding hydrogens is 211 g/mol. The molecule has 0 spiro atoms. The summed E-state index contributed by atoms with van der Waals surface area (Å²) >= 11 is -2.66. The monoisotopic (exact) mass is 226 g/mol. The molecule has 0 amide bonds. The standard InChI is InChI=1S/C10H15AsO/c1-4-11(3,12)10-7-5-9(2)6-8-10/h5-8H,4H2,1-3H3. The van der Waals surface area contributed by atoms with E-state index in [1.54, 1.807) is 0 Å². The Hall–Kier alpha value is -0.422. The Labute approximate surface area is 76.5 Å². The number of aryl methyl sites for hydroxylation is 1. The summed E-state index contributed by atoms with van der Waals surface area (Å²) in [6.45, 7) is 4.04. The van der Waals surface area contributed by atoms with Gasteiger partial charge >= 0.3 is 76.2 Å². The van der Waals surface area contributed by atoms with Crippen LogP contribution >= 0.6 is 0 Å². The molecule has 0 radical (unpaired) electrons. The van der Waals surface area contributed by atoms with Crippen LogP contribution in [0.4, 0.5) is 0 Å². The quantitative estimate of drug-likeness (QED) is 0.707. The van der Waals surface area contributed by atoms with Crippen molar-refractivity contribution in [1.82, 2.24) is 0 Å². The molecule has 2 heteroatoms. The molecule has 1 unspecified atom stereocenters. The zero-order valence-electron chi connectivity index (χ0n) is 7.87. The van der Waals surface area contributed by atoms with E-state index in [0.717, 1.165) is 9.56 Å². The molecule has 0 bridgehead atoms. The fourth-order valence-electron chi connectivity index (χ4n) is 1.04. The summed E-state index contributed by atoms with van der Waals surface area (Å²) in [5.74, 6) is 0. The summed E-state index contributed by atoms with van der Waals surface area (Å²) in [7, 11) is 0. The molecule has 0 heterocycles. The van der Waals surface area contributed by atoms with Crippen molar-refractivity contribution in [3.8, 4) is 0 Å². The van der Waals surface area contributed by atoms with Gasteiger partial charge in [0, 0.05) is 0 Å². The molecular formula is C10H15AsO. The van der Waals surface area contributed by atoms with Crippen molar-refractivity contribution in [2.75, 3.05) is 0 Å². The van der Waals surface area contributed by atoms with E-state index in [9.17, 15) is 3.74 Å². The predicted octanol–water partition coefficient (Wildman–Crippen LogP) is 2.23. The Morgan fingerprint density at radius 2 is 1.75 bits per heavy atom. The van der Waals surface area contributed by atoms with Gasteiger partial charge in [0.1, 0.15) is 0 Å². The van der Waals surface area contributed by atoms with Crippen LogP contribution in [0.25, 0.3) is 0 Å². The Balaban J connectivity index is 3.05. The molecule has 12 heavy (non-hydrogen) atoms. The van der Waals surface area contributed by atoms with E-state index < -0.39 is 13.5 Å². The van der Waals surface area contributed by atoms with Crippen molar-refractivity contribution in [1.29, 1.82) is 0 Å². The van der Waals surface area contributed by atoms with Crippen LogP contribution < -0.4 is 4.35 Å². The third-order valence-corrected chi connectivity index (χ3v) is 7.63. The van der Waals surface area contributed by atoms with Crippen LogP contribution in [-0.2, 0) is 3.74 Å². The molecule has 0 aromatic heterocycles. The van der Waals surface area contributed by atoms with Gasteiger partial charge in [0.2, 0.25) is 0 Å². The van der Waals surface area contributed by atoms with Gasteiger partial charge in [0.05, 0.1) is 0 Å². The van der Waals surface area contributed by atoms with E-state index in [1.165, 1.54) is 5.56 Å². The molecule has 1 nitrogen and oxygen atoms in total. The molecule has 0 fully saturated rings. The third-order valence-electron chi connectivity index (χ3n) is 2.18. The van der Waals surface area contributed by atoms with Crippen LogP contribution in [0.3, 0.4) is 0 Å². The van der Waals surface area contributed by atoms with E-state index in [4.69, 9.17) is 0 Å². The second-order valence-electron chi connectivity index (χ2n) is 3.25. The summed E-state index contributed by atoms with van der Waals surface area (Å²) in [6, 6.07) is 8.06. The molecule has 66 valence electrons. The van der Waals surface area contributed by atoms with Crippen molar-refractivity contribution >= 4 is 17.8 Å². The normalized spacial score (nSPS) is 15.6. The molecule has 0 saturated heterocycles. The Kier molecular flexibility index (Phi) is 2.84. The number of hydrogen-bond acceptors (Lipinski definition) is 1. The van der Waals surface area contributed by atoms with Crippen LogP contribution in [0.15, 0.2) is 24.3 Å². The topological polar surface area (TPSA) is 17.1 Å². The summed E-state index contributed by atoms with van der Waals surface area (Å²) in [5.41, 5.74) is 3.13. The van der Waals surface area contributed by atoms with Crippen LogP contribution in [-0.4, -0.2) is 13.5 Å². The molecule has 0 aliphatic heterocycles. The van der Waals surface area contributed by atoms with Crippen LogP contribution in [0.2, 0.25) is 10.9 Å². The number of rotatable bonds is 2. The van der Waals surface area contributed by atoms with Gasteiger partial charge in [-0.15, -0.1) is 0 Å². The van der Waals surface area contributed by atoms with Gasteiger partial charge in [-0.2, -0.15) is 0 Å². The van der Waals surface area contributed by atoms with Crippen LogP contribution in [0.1, 0.15) is 12.5 Å². The van der Waals surface area contributed by atoms with E-state index >= 15 is 0 Å². The Morgan fingerprint density at radius 1 is 1.25 bits per heavy atom. The summed E-state index contributed by atoms with van der Waals surface area (Å²) in [6.07, 6.45) is 0. The average Bonchev–Trinajstić information content (AvgIpc) is 2.05. The first kappa shape index (κ1) is 9.66. The van der Waals surface area contributed by atoms with Crippen molar-refractivity contribution < 1.29 is 3.74 Å². The van der Waals surface area contributed by atoms with Gasteiger partial charge < -0.3 is 0 Å². The SMILES string of the molecule is CC[As](C)(=O)c1ccc(C)cc1. The molecule has 0 N–H and O–H groups in total. The van der Waals surface area contributed by atoms with E-state index in [0.29, 0.717) is 0 Å². The van der Waals surface area contributed by atoms with Gasteiger partial charge in [0.25, 0.3) is 0 Å². The fourth-order valence-corrected chi connectivity index (χ4v) is 3.44. The van der Waals surface area contributed by atoms with E-state index in [2.05, 4.69) is 0 Å². The Morgan fingerprint density at radius 3 is 2.17 bits per heavy atom. The van der Waals surface area contributed by atoms with Crippen molar-refractivity contribution in [3.63, 3.8) is 0 Å². The second-order valence-corrected chi connectivity index (χ2v) is 10.3. The molecule has 1 aromatic carbocycles. The van der Waals surface area contributed by atoms with Crippen LogP contribution in [0, 0.1) is 6.92 Å². The Bertz CT molecular complexity index is 300. The first-order chi connectivity index (χ1) is 5.56. The minimum atomic E-state index is -2.66. The molecule has 0 aliphatic rings. The van der Waals surface area contributed by atoms with Gasteiger partial charge in [0.15, 0.2) is 0 Å².